The van der Waals surface area contributed by atoms with Crippen molar-refractivity contribution in [3.05, 3.63) is 65.0 Å². The molecule has 1 amide bonds. The van der Waals surface area contributed by atoms with Gasteiger partial charge in [0, 0.05) is 41.8 Å². The number of aromatic nitrogens is 3. The maximum absolute atomic E-state index is 12.3. The van der Waals surface area contributed by atoms with Gasteiger partial charge in [0.05, 0.1) is 11.9 Å². The molecule has 0 atom stereocenters. The van der Waals surface area contributed by atoms with E-state index in [2.05, 4.69) is 40.5 Å². The van der Waals surface area contributed by atoms with Crippen LogP contribution in [-0.4, -0.2) is 20.4 Å². The van der Waals surface area contributed by atoms with E-state index in [0.29, 0.717) is 5.56 Å². The second-order valence-electron chi connectivity index (χ2n) is 6.69. The van der Waals surface area contributed by atoms with E-state index in [9.17, 15) is 4.79 Å². The molecule has 136 valence electrons. The van der Waals surface area contributed by atoms with E-state index in [0.717, 1.165) is 53.9 Å². The third-order valence-corrected chi connectivity index (χ3v) is 4.94. The summed E-state index contributed by atoms with van der Waals surface area (Å²) in [6.07, 6.45) is 6.27. The maximum atomic E-state index is 12.3. The number of H-pyrrole nitrogens is 1. The van der Waals surface area contributed by atoms with Crippen molar-refractivity contribution in [3.8, 4) is 11.1 Å². The molecule has 0 aliphatic rings. The first-order chi connectivity index (χ1) is 12.5. The molecule has 0 saturated heterocycles. The number of hydrogen-bond donors (Lipinski definition) is 2. The molecule has 0 aliphatic heterocycles. The SMILES string of the molecule is CCCc1c(-c2ccccc2C)c(C(N)=O)c(C)n1CCc1cnc[nH]1. The summed E-state index contributed by atoms with van der Waals surface area (Å²) in [6, 6.07) is 8.19. The summed E-state index contributed by atoms with van der Waals surface area (Å²) in [6.45, 7) is 7.02. The molecule has 0 radical (unpaired) electrons. The minimum absolute atomic E-state index is 0.363. The van der Waals surface area contributed by atoms with Crippen LogP contribution >= 0.6 is 0 Å². The highest BCUT2D eigenvalue weighted by atomic mass is 16.1. The van der Waals surface area contributed by atoms with Gasteiger partial charge in [-0.2, -0.15) is 0 Å². The fourth-order valence-corrected chi connectivity index (χ4v) is 3.70. The number of imidazole rings is 1. The van der Waals surface area contributed by atoms with Crippen molar-refractivity contribution in [1.29, 1.82) is 0 Å². The number of nitrogens with two attached hydrogens (primary N) is 1. The maximum Gasteiger partial charge on any atom is 0.251 e. The Hall–Kier alpha value is -2.82. The Morgan fingerprint density at radius 1 is 1.23 bits per heavy atom. The summed E-state index contributed by atoms with van der Waals surface area (Å²) in [5.74, 6) is -0.363. The molecule has 3 N–H and O–H groups in total. The van der Waals surface area contributed by atoms with Gasteiger partial charge in [-0.1, -0.05) is 37.6 Å². The summed E-state index contributed by atoms with van der Waals surface area (Å²) >= 11 is 0. The number of nitrogens with one attached hydrogen (secondary N) is 1. The first-order valence-electron chi connectivity index (χ1n) is 9.09. The highest BCUT2D eigenvalue weighted by Gasteiger charge is 2.25. The van der Waals surface area contributed by atoms with Crippen LogP contribution in [0.4, 0.5) is 0 Å². The van der Waals surface area contributed by atoms with Gasteiger partial charge in [0.1, 0.15) is 0 Å². The van der Waals surface area contributed by atoms with E-state index in [1.54, 1.807) is 6.33 Å². The molecular formula is C21H26N4O. The number of primary amides is 1. The lowest BCUT2D eigenvalue weighted by atomic mass is 9.94. The normalized spacial score (nSPS) is 11.0. The minimum atomic E-state index is -0.363. The molecule has 26 heavy (non-hydrogen) atoms. The standard InChI is InChI=1S/C21H26N4O/c1-4-7-18-20(17-9-6-5-8-14(17)2)19(21(22)26)15(3)25(18)11-10-16-12-23-13-24-16/h5-6,8-9,12-13H,4,7,10-11H2,1-3H3,(H2,22,26)(H,23,24). The number of aryl methyl sites for hydroxylation is 2. The summed E-state index contributed by atoms with van der Waals surface area (Å²) in [5, 5.41) is 0. The van der Waals surface area contributed by atoms with Crippen LogP contribution < -0.4 is 5.73 Å². The number of aromatic amines is 1. The highest BCUT2D eigenvalue weighted by molar-refractivity contribution is 6.02. The van der Waals surface area contributed by atoms with Crippen LogP contribution in [0.3, 0.4) is 0 Å². The Labute approximate surface area is 154 Å². The van der Waals surface area contributed by atoms with Gasteiger partial charge in [-0.3, -0.25) is 4.79 Å². The van der Waals surface area contributed by atoms with Gasteiger partial charge in [-0.15, -0.1) is 0 Å². The molecule has 2 aromatic heterocycles. The Balaban J connectivity index is 2.16. The van der Waals surface area contributed by atoms with E-state index >= 15 is 0 Å². The van der Waals surface area contributed by atoms with Crippen molar-refractivity contribution in [2.24, 2.45) is 5.73 Å². The van der Waals surface area contributed by atoms with Crippen LogP contribution in [0.1, 0.15) is 46.3 Å². The number of rotatable bonds is 7. The van der Waals surface area contributed by atoms with Gasteiger partial charge in [0.2, 0.25) is 0 Å². The van der Waals surface area contributed by atoms with E-state index in [-0.39, 0.29) is 5.91 Å². The third-order valence-electron chi connectivity index (χ3n) is 4.94. The molecule has 0 spiro atoms. The second-order valence-corrected chi connectivity index (χ2v) is 6.69. The number of hydrogen-bond acceptors (Lipinski definition) is 2. The largest absolute Gasteiger partial charge is 0.366 e. The number of carbonyl (C=O) groups is 1. The molecule has 5 nitrogen and oxygen atoms in total. The zero-order valence-corrected chi connectivity index (χ0v) is 15.7. The van der Waals surface area contributed by atoms with Crippen LogP contribution in [0.5, 0.6) is 0 Å². The molecule has 0 saturated carbocycles. The van der Waals surface area contributed by atoms with Crippen molar-refractivity contribution < 1.29 is 4.79 Å². The van der Waals surface area contributed by atoms with Gasteiger partial charge in [0.25, 0.3) is 5.91 Å². The number of benzene rings is 1. The molecule has 0 unspecified atom stereocenters. The van der Waals surface area contributed by atoms with Crippen molar-refractivity contribution in [2.75, 3.05) is 0 Å². The summed E-state index contributed by atoms with van der Waals surface area (Å²) in [5.41, 5.74) is 12.9. The molecular weight excluding hydrogens is 324 g/mol. The molecule has 2 heterocycles. The van der Waals surface area contributed by atoms with Crippen molar-refractivity contribution >= 4 is 5.91 Å². The highest BCUT2D eigenvalue weighted by Crippen LogP contribution is 2.35. The van der Waals surface area contributed by atoms with Gasteiger partial charge < -0.3 is 15.3 Å². The van der Waals surface area contributed by atoms with Crippen LogP contribution in [0.15, 0.2) is 36.8 Å². The lowest BCUT2D eigenvalue weighted by molar-refractivity contribution is 0.1000. The number of amides is 1. The van der Waals surface area contributed by atoms with Gasteiger partial charge >= 0.3 is 0 Å². The van der Waals surface area contributed by atoms with Crippen molar-refractivity contribution in [2.45, 2.75) is 46.6 Å². The second kappa shape index (κ2) is 7.60. The van der Waals surface area contributed by atoms with E-state index in [4.69, 9.17) is 5.73 Å². The van der Waals surface area contributed by atoms with Crippen molar-refractivity contribution in [1.82, 2.24) is 14.5 Å². The molecule has 0 bridgehead atoms. The lowest BCUT2D eigenvalue weighted by Crippen LogP contribution is -2.14. The molecule has 0 fully saturated rings. The smallest absolute Gasteiger partial charge is 0.251 e. The number of nitrogens with zero attached hydrogens (tertiary/aromatic N) is 2. The van der Waals surface area contributed by atoms with Gasteiger partial charge in [-0.05, 0) is 31.4 Å². The zero-order chi connectivity index (χ0) is 18.7. The monoisotopic (exact) mass is 350 g/mol. The predicted molar refractivity (Wildman–Crippen MR) is 104 cm³/mol. The quantitative estimate of drug-likeness (QED) is 0.680. The van der Waals surface area contributed by atoms with Crippen LogP contribution in [0.25, 0.3) is 11.1 Å². The van der Waals surface area contributed by atoms with Crippen LogP contribution in [0.2, 0.25) is 0 Å². The van der Waals surface area contributed by atoms with Gasteiger partial charge in [0.15, 0.2) is 0 Å². The third kappa shape index (κ3) is 3.29. The first-order valence-corrected chi connectivity index (χ1v) is 9.09. The lowest BCUT2D eigenvalue weighted by Gasteiger charge is -2.13. The molecule has 1 aromatic carbocycles. The fraction of sp³-hybridized carbons (Fsp3) is 0.333. The van der Waals surface area contributed by atoms with Gasteiger partial charge in [-0.25, -0.2) is 4.98 Å². The Kier molecular flexibility index (Phi) is 5.26. The molecule has 0 aliphatic carbocycles. The first kappa shape index (κ1) is 18.0. The Morgan fingerprint density at radius 2 is 2.00 bits per heavy atom. The Bertz CT molecular complexity index is 906. The van der Waals surface area contributed by atoms with Crippen molar-refractivity contribution in [3.63, 3.8) is 0 Å². The summed E-state index contributed by atoms with van der Waals surface area (Å²) in [7, 11) is 0. The average molecular weight is 350 g/mol. The predicted octanol–water partition coefficient (Wildman–Crippen LogP) is 3.79. The van der Waals surface area contributed by atoms with E-state index < -0.39 is 0 Å². The molecule has 5 heteroatoms. The zero-order valence-electron chi connectivity index (χ0n) is 15.7. The Morgan fingerprint density at radius 3 is 2.62 bits per heavy atom. The summed E-state index contributed by atoms with van der Waals surface area (Å²) < 4.78 is 2.26. The van der Waals surface area contributed by atoms with E-state index in [1.165, 1.54) is 5.69 Å². The molecule has 3 rings (SSSR count). The van der Waals surface area contributed by atoms with Crippen LogP contribution in [-0.2, 0) is 19.4 Å². The minimum Gasteiger partial charge on any atom is -0.366 e. The van der Waals surface area contributed by atoms with E-state index in [1.807, 2.05) is 25.3 Å². The summed E-state index contributed by atoms with van der Waals surface area (Å²) in [4.78, 5) is 19.6. The van der Waals surface area contributed by atoms with Crippen LogP contribution in [0, 0.1) is 13.8 Å². The molecule has 3 aromatic rings. The fourth-order valence-electron chi connectivity index (χ4n) is 3.70. The average Bonchev–Trinajstić information content (AvgIpc) is 3.21. The number of carbonyl (C=O) groups excluding carboxylic acids is 1. The topological polar surface area (TPSA) is 76.7 Å².